The van der Waals surface area contributed by atoms with Gasteiger partial charge in [0.2, 0.25) is 0 Å². The number of carbonyl (C=O) groups excluding carboxylic acids is 1. The molecule has 1 aromatic carbocycles. The molecular formula is C19H28N2O2. The maximum atomic E-state index is 12.3. The van der Waals surface area contributed by atoms with Crippen molar-refractivity contribution in [2.75, 3.05) is 6.54 Å². The van der Waals surface area contributed by atoms with Crippen LogP contribution in [-0.4, -0.2) is 23.8 Å². The van der Waals surface area contributed by atoms with E-state index in [1.165, 1.54) is 11.1 Å². The predicted molar refractivity (Wildman–Crippen MR) is 91.2 cm³/mol. The van der Waals surface area contributed by atoms with E-state index in [4.69, 9.17) is 0 Å². The quantitative estimate of drug-likeness (QED) is 0.802. The molecule has 126 valence electrons. The summed E-state index contributed by atoms with van der Waals surface area (Å²) in [5.41, 5.74) is 2.61. The first kappa shape index (κ1) is 16.3. The highest BCUT2D eigenvalue weighted by atomic mass is 16.3. The number of amides is 2. The highest BCUT2D eigenvalue weighted by Gasteiger charge is 2.28. The molecule has 0 bridgehead atoms. The number of aryl methyl sites for hydroxylation is 1. The topological polar surface area (TPSA) is 61.4 Å². The third-order valence-corrected chi connectivity index (χ3v) is 5.42. The van der Waals surface area contributed by atoms with E-state index < -0.39 is 0 Å². The second-order valence-electron chi connectivity index (χ2n) is 7.23. The number of benzene rings is 1. The zero-order valence-electron chi connectivity index (χ0n) is 13.9. The van der Waals surface area contributed by atoms with Gasteiger partial charge in [0.05, 0.1) is 12.1 Å². The molecular weight excluding hydrogens is 288 g/mol. The minimum atomic E-state index is -0.191. The van der Waals surface area contributed by atoms with E-state index in [-0.39, 0.29) is 18.2 Å². The Morgan fingerprint density at radius 2 is 2.09 bits per heavy atom. The van der Waals surface area contributed by atoms with Gasteiger partial charge in [0.1, 0.15) is 0 Å². The van der Waals surface area contributed by atoms with Crippen LogP contribution in [0.15, 0.2) is 24.3 Å². The molecule has 3 N–H and O–H groups in total. The molecule has 4 unspecified atom stereocenters. The van der Waals surface area contributed by atoms with Crippen LogP contribution in [0.1, 0.15) is 56.2 Å². The molecule has 0 aromatic heterocycles. The Hall–Kier alpha value is -1.55. The van der Waals surface area contributed by atoms with Gasteiger partial charge in [0.25, 0.3) is 0 Å². The van der Waals surface area contributed by atoms with Gasteiger partial charge in [-0.3, -0.25) is 0 Å². The summed E-state index contributed by atoms with van der Waals surface area (Å²) in [6.45, 7) is 2.87. The number of hydrogen-bond donors (Lipinski definition) is 3. The van der Waals surface area contributed by atoms with E-state index in [1.807, 2.05) is 6.07 Å². The molecule has 1 aromatic rings. The van der Waals surface area contributed by atoms with Crippen molar-refractivity contribution in [1.29, 1.82) is 0 Å². The monoisotopic (exact) mass is 316 g/mol. The molecule has 0 heterocycles. The van der Waals surface area contributed by atoms with Gasteiger partial charge in [0, 0.05) is 6.54 Å². The van der Waals surface area contributed by atoms with Crippen molar-refractivity contribution in [2.45, 2.75) is 57.6 Å². The van der Waals surface area contributed by atoms with Gasteiger partial charge in [-0.2, -0.15) is 0 Å². The number of carbonyl (C=O) groups is 1. The fraction of sp³-hybridized carbons (Fsp3) is 0.632. The first-order valence-corrected chi connectivity index (χ1v) is 8.93. The van der Waals surface area contributed by atoms with Gasteiger partial charge in [-0.15, -0.1) is 0 Å². The van der Waals surface area contributed by atoms with Gasteiger partial charge in [-0.25, -0.2) is 4.79 Å². The van der Waals surface area contributed by atoms with E-state index in [0.717, 1.165) is 38.5 Å². The van der Waals surface area contributed by atoms with Crippen LogP contribution in [-0.2, 0) is 6.42 Å². The van der Waals surface area contributed by atoms with E-state index >= 15 is 0 Å². The number of nitrogens with one attached hydrogen (secondary N) is 2. The first-order valence-electron chi connectivity index (χ1n) is 8.93. The zero-order chi connectivity index (χ0) is 16.2. The van der Waals surface area contributed by atoms with Crippen LogP contribution in [0.2, 0.25) is 0 Å². The molecule has 0 spiro atoms. The van der Waals surface area contributed by atoms with Crippen LogP contribution in [0, 0.1) is 11.8 Å². The highest BCUT2D eigenvalue weighted by molar-refractivity contribution is 5.74. The second-order valence-corrected chi connectivity index (χ2v) is 7.23. The molecule has 1 saturated carbocycles. The van der Waals surface area contributed by atoms with Crippen LogP contribution in [0.3, 0.4) is 0 Å². The molecule has 0 saturated heterocycles. The molecule has 1 fully saturated rings. The van der Waals surface area contributed by atoms with Gasteiger partial charge in [0.15, 0.2) is 0 Å². The largest absolute Gasteiger partial charge is 0.393 e. The lowest BCUT2D eigenvalue weighted by atomic mass is 9.81. The summed E-state index contributed by atoms with van der Waals surface area (Å²) < 4.78 is 0. The smallest absolute Gasteiger partial charge is 0.315 e. The molecule has 2 aliphatic carbocycles. The lowest BCUT2D eigenvalue weighted by Crippen LogP contribution is -2.43. The fourth-order valence-electron chi connectivity index (χ4n) is 4.02. The van der Waals surface area contributed by atoms with E-state index in [1.54, 1.807) is 0 Å². The van der Waals surface area contributed by atoms with Gasteiger partial charge >= 0.3 is 6.03 Å². The number of urea groups is 1. The average Bonchev–Trinajstić information content (AvgIpc) is 2.56. The van der Waals surface area contributed by atoms with Crippen molar-refractivity contribution in [3.63, 3.8) is 0 Å². The molecule has 23 heavy (non-hydrogen) atoms. The third kappa shape index (κ3) is 4.05. The normalized spacial score (nSPS) is 30.3. The number of aliphatic hydroxyl groups excluding tert-OH is 1. The minimum Gasteiger partial charge on any atom is -0.393 e. The summed E-state index contributed by atoms with van der Waals surface area (Å²) in [6, 6.07) is 8.42. The summed E-state index contributed by atoms with van der Waals surface area (Å²) in [5, 5.41) is 15.9. The maximum Gasteiger partial charge on any atom is 0.315 e. The summed E-state index contributed by atoms with van der Waals surface area (Å²) in [7, 11) is 0. The van der Waals surface area contributed by atoms with Crippen molar-refractivity contribution in [1.82, 2.24) is 10.6 Å². The van der Waals surface area contributed by atoms with Crippen LogP contribution in [0.5, 0.6) is 0 Å². The minimum absolute atomic E-state index is 0.0846. The maximum absolute atomic E-state index is 12.3. The molecule has 0 aliphatic heterocycles. The summed E-state index contributed by atoms with van der Waals surface area (Å²) >= 11 is 0. The Morgan fingerprint density at radius 1 is 1.26 bits per heavy atom. The molecule has 2 aliphatic rings. The van der Waals surface area contributed by atoms with Crippen LogP contribution < -0.4 is 10.6 Å². The summed E-state index contributed by atoms with van der Waals surface area (Å²) in [4.78, 5) is 12.3. The van der Waals surface area contributed by atoms with Crippen molar-refractivity contribution >= 4 is 6.03 Å². The van der Waals surface area contributed by atoms with Crippen molar-refractivity contribution in [3.8, 4) is 0 Å². The zero-order valence-corrected chi connectivity index (χ0v) is 13.9. The van der Waals surface area contributed by atoms with Crippen LogP contribution >= 0.6 is 0 Å². The van der Waals surface area contributed by atoms with Gasteiger partial charge < -0.3 is 15.7 Å². The Morgan fingerprint density at radius 3 is 2.91 bits per heavy atom. The second kappa shape index (κ2) is 7.35. The van der Waals surface area contributed by atoms with Crippen molar-refractivity contribution in [3.05, 3.63) is 35.4 Å². The predicted octanol–water partition coefficient (Wildman–Crippen LogP) is 3.16. The summed E-state index contributed by atoms with van der Waals surface area (Å²) in [5.74, 6) is 0.854. The molecule has 4 nitrogen and oxygen atoms in total. The standard InChI is InChI=1S/C19H28N2O2/c1-13-9-10-15-6-2-3-8-17(15)18(13)21-19(23)20-12-14-5-4-7-16(22)11-14/h2-3,6,8,13-14,16,18,22H,4-5,7,9-12H2,1H3,(H2,20,21,23). The van der Waals surface area contributed by atoms with Crippen molar-refractivity contribution in [2.24, 2.45) is 11.8 Å². The molecule has 4 atom stereocenters. The molecule has 0 radical (unpaired) electrons. The Balaban J connectivity index is 1.55. The number of aliphatic hydroxyl groups is 1. The number of fused-ring (bicyclic) bond motifs is 1. The first-order chi connectivity index (χ1) is 11.1. The van der Waals surface area contributed by atoms with E-state index in [0.29, 0.717) is 18.4 Å². The van der Waals surface area contributed by atoms with E-state index in [9.17, 15) is 9.90 Å². The third-order valence-electron chi connectivity index (χ3n) is 5.42. The van der Waals surface area contributed by atoms with Gasteiger partial charge in [-0.05, 0) is 55.1 Å². The molecule has 3 rings (SSSR count). The fourth-order valence-corrected chi connectivity index (χ4v) is 4.02. The summed E-state index contributed by atoms with van der Waals surface area (Å²) in [6.07, 6.45) is 5.88. The highest BCUT2D eigenvalue weighted by Crippen LogP contribution is 2.33. The molecule has 4 heteroatoms. The lowest BCUT2D eigenvalue weighted by molar-refractivity contribution is 0.101. The number of hydrogen-bond acceptors (Lipinski definition) is 2. The van der Waals surface area contributed by atoms with Crippen LogP contribution in [0.4, 0.5) is 4.79 Å². The molecule has 2 amide bonds. The average molecular weight is 316 g/mol. The Bertz CT molecular complexity index is 546. The van der Waals surface area contributed by atoms with Gasteiger partial charge in [-0.1, -0.05) is 37.6 Å². The lowest BCUT2D eigenvalue weighted by Gasteiger charge is -2.32. The van der Waals surface area contributed by atoms with E-state index in [2.05, 4.69) is 35.8 Å². The van der Waals surface area contributed by atoms with Crippen LogP contribution in [0.25, 0.3) is 0 Å². The Labute approximate surface area is 138 Å². The SMILES string of the molecule is CC1CCc2ccccc2C1NC(=O)NCC1CCCC(O)C1. The Kier molecular flexibility index (Phi) is 5.21. The van der Waals surface area contributed by atoms with Crippen molar-refractivity contribution < 1.29 is 9.90 Å². The number of rotatable bonds is 3.